The van der Waals surface area contributed by atoms with Crippen LogP contribution in [0, 0.1) is 5.41 Å². The minimum absolute atomic E-state index is 0.0340. The minimum atomic E-state index is -0.591. The normalized spacial score (nSPS) is 14.1. The van der Waals surface area contributed by atoms with Crippen molar-refractivity contribution in [1.29, 1.82) is 0 Å². The molecule has 1 aliphatic rings. The first-order valence-corrected chi connectivity index (χ1v) is 9.17. The van der Waals surface area contributed by atoms with Gasteiger partial charge in [-0.05, 0) is 13.8 Å². The Bertz CT molecular complexity index is 793. The molecule has 0 unspecified atom stereocenters. The lowest BCUT2D eigenvalue weighted by atomic mass is 9.93. The summed E-state index contributed by atoms with van der Waals surface area (Å²) in [6.07, 6.45) is 5.03. The van der Waals surface area contributed by atoms with E-state index in [4.69, 9.17) is 11.6 Å². The Morgan fingerprint density at radius 1 is 1.40 bits per heavy atom. The van der Waals surface area contributed by atoms with Crippen molar-refractivity contribution in [3.63, 3.8) is 0 Å². The van der Waals surface area contributed by atoms with Crippen LogP contribution in [0.15, 0.2) is 18.6 Å². The van der Waals surface area contributed by atoms with Crippen LogP contribution in [0.1, 0.15) is 34.9 Å². The van der Waals surface area contributed by atoms with Crippen LogP contribution in [-0.4, -0.2) is 44.1 Å². The van der Waals surface area contributed by atoms with Crippen molar-refractivity contribution < 1.29 is 9.59 Å². The average molecular weight is 380 g/mol. The topological polar surface area (TPSA) is 88.1 Å². The lowest BCUT2D eigenvalue weighted by Crippen LogP contribution is -2.44. The summed E-state index contributed by atoms with van der Waals surface area (Å²) in [4.78, 5) is 39.8. The van der Waals surface area contributed by atoms with E-state index in [1.165, 1.54) is 29.9 Å². The van der Waals surface area contributed by atoms with E-state index in [1.807, 2.05) is 13.8 Å². The molecule has 132 valence electrons. The zero-order valence-corrected chi connectivity index (χ0v) is 15.5. The van der Waals surface area contributed by atoms with E-state index in [0.717, 1.165) is 10.6 Å². The van der Waals surface area contributed by atoms with Gasteiger partial charge < -0.3 is 4.90 Å². The van der Waals surface area contributed by atoms with Gasteiger partial charge in [0.25, 0.3) is 5.91 Å². The molecule has 1 aliphatic heterocycles. The van der Waals surface area contributed by atoms with Crippen LogP contribution in [0.5, 0.6) is 0 Å². The summed E-state index contributed by atoms with van der Waals surface area (Å²) in [7, 11) is 0. The predicted octanol–water partition coefficient (Wildman–Crippen LogP) is 2.34. The second-order valence-electron chi connectivity index (χ2n) is 6.43. The number of nitrogens with one attached hydrogen (secondary N) is 1. The second kappa shape index (κ2) is 7.05. The highest BCUT2D eigenvalue weighted by Crippen LogP contribution is 2.31. The van der Waals surface area contributed by atoms with Crippen molar-refractivity contribution in [2.45, 2.75) is 26.8 Å². The quantitative estimate of drug-likeness (QED) is 0.823. The lowest BCUT2D eigenvalue weighted by Gasteiger charge is -2.32. The lowest BCUT2D eigenvalue weighted by molar-refractivity contribution is -0.140. The van der Waals surface area contributed by atoms with E-state index in [2.05, 4.69) is 20.3 Å². The van der Waals surface area contributed by atoms with Crippen molar-refractivity contribution in [2.24, 2.45) is 5.41 Å². The van der Waals surface area contributed by atoms with Crippen molar-refractivity contribution in [3.05, 3.63) is 34.9 Å². The van der Waals surface area contributed by atoms with Crippen LogP contribution in [-0.2, 0) is 17.8 Å². The van der Waals surface area contributed by atoms with Crippen LogP contribution in [0.3, 0.4) is 0 Å². The van der Waals surface area contributed by atoms with Crippen molar-refractivity contribution in [2.75, 3.05) is 17.7 Å². The maximum atomic E-state index is 12.6. The molecule has 25 heavy (non-hydrogen) atoms. The number of fused-ring (bicyclic) bond motifs is 1. The molecule has 0 atom stereocenters. The summed E-state index contributed by atoms with van der Waals surface area (Å²) < 4.78 is 0. The number of carbonyl (C=O) groups is 2. The van der Waals surface area contributed by atoms with Gasteiger partial charge in [0.15, 0.2) is 5.13 Å². The largest absolute Gasteiger partial charge is 0.337 e. The summed E-state index contributed by atoms with van der Waals surface area (Å²) in [5.41, 5.74) is 0.566. The van der Waals surface area contributed by atoms with E-state index in [1.54, 1.807) is 4.90 Å². The molecule has 0 saturated heterocycles. The zero-order valence-electron chi connectivity index (χ0n) is 14.0. The molecule has 0 saturated carbocycles. The van der Waals surface area contributed by atoms with Gasteiger partial charge in [-0.25, -0.2) is 9.97 Å². The first kappa shape index (κ1) is 17.8. The third-order valence-electron chi connectivity index (χ3n) is 3.95. The molecule has 0 spiro atoms. The fourth-order valence-corrected chi connectivity index (χ4v) is 3.62. The fraction of sp³-hybridized carbons (Fsp3) is 0.438. The molecule has 2 amide bonds. The Morgan fingerprint density at radius 2 is 2.20 bits per heavy atom. The Balaban J connectivity index is 1.71. The van der Waals surface area contributed by atoms with E-state index in [9.17, 15) is 9.59 Å². The van der Waals surface area contributed by atoms with E-state index in [0.29, 0.717) is 24.6 Å². The minimum Gasteiger partial charge on any atom is -0.337 e. The SMILES string of the molecule is CC(C)(CCl)C(=O)N1CCc2nc(NC(=O)c3cnccn3)sc2C1. The van der Waals surface area contributed by atoms with Crippen LogP contribution in [0.4, 0.5) is 5.13 Å². The van der Waals surface area contributed by atoms with Gasteiger partial charge in [-0.1, -0.05) is 11.3 Å². The number of halogens is 1. The van der Waals surface area contributed by atoms with Gasteiger partial charge >= 0.3 is 0 Å². The molecule has 0 aliphatic carbocycles. The maximum absolute atomic E-state index is 12.6. The number of alkyl halides is 1. The van der Waals surface area contributed by atoms with Crippen LogP contribution < -0.4 is 5.32 Å². The van der Waals surface area contributed by atoms with Crippen LogP contribution in [0.2, 0.25) is 0 Å². The highest BCUT2D eigenvalue weighted by Gasteiger charge is 2.34. The molecule has 7 nitrogen and oxygen atoms in total. The number of carbonyl (C=O) groups excluding carboxylic acids is 2. The molecule has 2 aromatic rings. The Hall–Kier alpha value is -2.06. The van der Waals surface area contributed by atoms with E-state index >= 15 is 0 Å². The molecule has 1 N–H and O–H groups in total. The number of aromatic nitrogens is 3. The first-order chi connectivity index (χ1) is 11.9. The number of hydrogen-bond donors (Lipinski definition) is 1. The molecule has 3 heterocycles. The van der Waals surface area contributed by atoms with Crippen LogP contribution >= 0.6 is 22.9 Å². The van der Waals surface area contributed by atoms with Gasteiger partial charge in [0.05, 0.1) is 23.9 Å². The molecule has 0 radical (unpaired) electrons. The van der Waals surface area contributed by atoms with E-state index < -0.39 is 5.41 Å². The summed E-state index contributed by atoms with van der Waals surface area (Å²) in [5.74, 6) is -0.0424. The number of hydrogen-bond acceptors (Lipinski definition) is 6. The predicted molar refractivity (Wildman–Crippen MR) is 95.7 cm³/mol. The Kier molecular flexibility index (Phi) is 5.01. The molecule has 0 fully saturated rings. The molecular formula is C16H18ClN5O2S. The third-order valence-corrected chi connectivity index (χ3v) is 5.61. The first-order valence-electron chi connectivity index (χ1n) is 7.82. The standard InChI is InChI=1S/C16H18ClN5O2S/c1-16(2,9-17)14(24)22-6-3-10-12(8-22)25-15(20-10)21-13(23)11-7-18-4-5-19-11/h4-5,7H,3,6,8-9H2,1-2H3,(H,20,21,23). The highest BCUT2D eigenvalue weighted by atomic mass is 35.5. The number of thiazole rings is 1. The molecule has 3 rings (SSSR count). The Morgan fingerprint density at radius 3 is 2.88 bits per heavy atom. The molecule has 9 heteroatoms. The van der Waals surface area contributed by atoms with E-state index in [-0.39, 0.29) is 23.4 Å². The summed E-state index contributed by atoms with van der Waals surface area (Å²) in [6.45, 7) is 4.79. The zero-order chi connectivity index (χ0) is 18.0. The summed E-state index contributed by atoms with van der Waals surface area (Å²) in [6, 6.07) is 0. The van der Waals surface area contributed by atoms with Crippen molar-refractivity contribution in [3.8, 4) is 0 Å². The molecule has 0 aromatic carbocycles. The smallest absolute Gasteiger partial charge is 0.277 e. The van der Waals surface area contributed by atoms with Gasteiger partial charge in [-0.2, -0.15) is 0 Å². The van der Waals surface area contributed by atoms with Crippen LogP contribution in [0.25, 0.3) is 0 Å². The van der Waals surface area contributed by atoms with Gasteiger partial charge in [0.1, 0.15) is 5.69 Å². The maximum Gasteiger partial charge on any atom is 0.277 e. The van der Waals surface area contributed by atoms with Gasteiger partial charge in [0.2, 0.25) is 5.91 Å². The second-order valence-corrected chi connectivity index (χ2v) is 7.78. The van der Waals surface area contributed by atoms with Crippen molar-refractivity contribution in [1.82, 2.24) is 19.9 Å². The molecule has 2 aromatic heterocycles. The number of anilines is 1. The van der Waals surface area contributed by atoms with Gasteiger partial charge in [-0.3, -0.25) is 19.9 Å². The summed E-state index contributed by atoms with van der Waals surface area (Å²) >= 11 is 7.29. The van der Waals surface area contributed by atoms with Gasteiger partial charge in [-0.15, -0.1) is 11.6 Å². The molecule has 0 bridgehead atoms. The number of rotatable bonds is 4. The number of nitrogens with zero attached hydrogens (tertiary/aromatic N) is 4. The highest BCUT2D eigenvalue weighted by molar-refractivity contribution is 7.15. The van der Waals surface area contributed by atoms with Crippen molar-refractivity contribution >= 4 is 39.9 Å². The third kappa shape index (κ3) is 3.80. The van der Waals surface area contributed by atoms with Gasteiger partial charge in [0, 0.05) is 36.1 Å². The summed E-state index contributed by atoms with van der Waals surface area (Å²) in [5, 5.41) is 3.25. The number of amides is 2. The molecular weight excluding hydrogens is 362 g/mol. The Labute approximate surface area is 154 Å². The average Bonchev–Trinajstić information content (AvgIpc) is 3.03. The fourth-order valence-electron chi connectivity index (χ4n) is 2.48. The monoisotopic (exact) mass is 379 g/mol.